The first-order valence-electron chi connectivity index (χ1n) is 17.0. The van der Waals surface area contributed by atoms with Crippen LogP contribution in [0, 0.1) is 18.6 Å². The maximum Gasteiger partial charge on any atom is 0.281 e. The van der Waals surface area contributed by atoms with Crippen molar-refractivity contribution in [3.05, 3.63) is 76.2 Å². The molecule has 0 saturated carbocycles. The minimum atomic E-state index is -0.971. The third-order valence-corrected chi connectivity index (χ3v) is 10.7. The molecule has 3 atom stereocenters. The van der Waals surface area contributed by atoms with Gasteiger partial charge in [-0.05, 0) is 44.5 Å². The minimum absolute atomic E-state index is 0.00686. The normalized spacial score (nSPS) is 22.0. The monoisotopic (exact) mass is 712 g/mol. The van der Waals surface area contributed by atoms with Crippen molar-refractivity contribution in [2.75, 3.05) is 65.4 Å². The molecule has 268 valence electrons. The zero-order chi connectivity index (χ0) is 36.1. The lowest BCUT2D eigenvalue weighted by Crippen LogP contribution is -2.58. The van der Waals surface area contributed by atoms with E-state index in [0.29, 0.717) is 84.8 Å². The molecule has 2 aromatic carbocycles. The molecule has 2 fully saturated rings. The van der Waals surface area contributed by atoms with E-state index in [9.17, 15) is 14.7 Å². The number of piperazine rings is 1. The number of halogens is 3. The maximum absolute atomic E-state index is 15.7. The number of rotatable bonds is 8. The highest BCUT2D eigenvalue weighted by Crippen LogP contribution is 2.38. The van der Waals surface area contributed by atoms with Crippen molar-refractivity contribution >= 4 is 34.8 Å². The average Bonchev–Trinajstić information content (AvgIpc) is 3.70. The van der Waals surface area contributed by atoms with E-state index in [4.69, 9.17) is 16.7 Å². The summed E-state index contributed by atoms with van der Waals surface area (Å²) in [5, 5.41) is 23.9. The molecule has 3 aliphatic rings. The van der Waals surface area contributed by atoms with Crippen LogP contribution in [0.25, 0.3) is 16.8 Å². The fourth-order valence-corrected chi connectivity index (χ4v) is 7.65. The molecule has 2 amide bonds. The molecule has 1 aromatic heterocycles. The van der Waals surface area contributed by atoms with Gasteiger partial charge in [0.05, 0.1) is 36.1 Å². The fraction of sp³-hybridized carbons (Fsp3) is 0.472. The quantitative estimate of drug-likeness (QED) is 0.343. The Hall–Kier alpha value is -4.04. The molecule has 3 aliphatic heterocycles. The highest BCUT2D eigenvalue weighted by Gasteiger charge is 2.46. The largest absolute Gasteiger partial charge is 0.396 e. The van der Waals surface area contributed by atoms with E-state index in [1.165, 1.54) is 0 Å². The molecule has 14 heteroatoms. The van der Waals surface area contributed by atoms with E-state index in [1.807, 2.05) is 30.8 Å². The van der Waals surface area contributed by atoms with Gasteiger partial charge in [-0.15, -0.1) is 0 Å². The summed E-state index contributed by atoms with van der Waals surface area (Å²) < 4.78 is 33.4. The summed E-state index contributed by atoms with van der Waals surface area (Å²) in [5.41, 5.74) is 2.77. The van der Waals surface area contributed by atoms with E-state index in [-0.39, 0.29) is 46.8 Å². The molecule has 3 aromatic rings. The number of aliphatic hydroxyl groups is 2. The molecule has 6 rings (SSSR count). The smallest absolute Gasteiger partial charge is 0.281 e. The van der Waals surface area contributed by atoms with Crippen LogP contribution in [0.4, 0.5) is 14.5 Å². The van der Waals surface area contributed by atoms with Crippen LogP contribution in [0.1, 0.15) is 41.4 Å². The van der Waals surface area contributed by atoms with Gasteiger partial charge in [0.15, 0.2) is 17.7 Å². The molecule has 11 nitrogen and oxygen atoms in total. The molecule has 2 saturated heterocycles. The van der Waals surface area contributed by atoms with Crippen LogP contribution in [0.2, 0.25) is 5.02 Å². The van der Waals surface area contributed by atoms with E-state index < -0.39 is 17.7 Å². The number of carbonyl (C=O) groups excluding carboxylic acids is 2. The van der Waals surface area contributed by atoms with Gasteiger partial charge in [0.25, 0.3) is 11.8 Å². The maximum atomic E-state index is 15.7. The van der Waals surface area contributed by atoms with Crippen LogP contribution >= 0.6 is 11.6 Å². The van der Waals surface area contributed by atoms with E-state index in [1.54, 1.807) is 71.2 Å². The number of aromatic nitrogens is 2. The molecule has 50 heavy (non-hydrogen) atoms. The number of aliphatic hydroxyl groups excluding tert-OH is 2. The summed E-state index contributed by atoms with van der Waals surface area (Å²) in [6.07, 6.45) is 3.58. The molecule has 2 N–H and O–H groups in total. The van der Waals surface area contributed by atoms with E-state index in [2.05, 4.69) is 5.10 Å². The molecule has 0 bridgehead atoms. The Labute approximate surface area is 296 Å². The van der Waals surface area contributed by atoms with Crippen molar-refractivity contribution in [3.63, 3.8) is 0 Å². The Kier molecular flexibility index (Phi) is 9.97. The fourth-order valence-electron chi connectivity index (χ4n) is 7.39. The van der Waals surface area contributed by atoms with Crippen LogP contribution in [-0.4, -0.2) is 130 Å². The number of aryl methyl sites for hydroxylation is 2. The molecular weight excluding hydrogens is 668 g/mol. The lowest BCUT2D eigenvalue weighted by Gasteiger charge is -2.38. The number of likely N-dealkylation sites (tertiary alicyclic amines) is 1. The second kappa shape index (κ2) is 13.9. The van der Waals surface area contributed by atoms with Crippen molar-refractivity contribution < 1.29 is 33.1 Å². The summed E-state index contributed by atoms with van der Waals surface area (Å²) >= 11 is 6.71. The molecular formula is C36H45ClF2N7O4+. The lowest BCUT2D eigenvalue weighted by atomic mass is 10.0. The number of hydrogen-bond acceptors (Lipinski definition) is 7. The molecule has 1 unspecified atom stereocenters. The number of anilines is 1. The van der Waals surface area contributed by atoms with Crippen molar-refractivity contribution in [1.82, 2.24) is 24.5 Å². The summed E-state index contributed by atoms with van der Waals surface area (Å²) in [4.78, 5) is 34.0. The number of nitrogens with zero attached hydrogens (tertiary/aromatic N) is 7. The summed E-state index contributed by atoms with van der Waals surface area (Å²) in [7, 11) is 5.72. The third kappa shape index (κ3) is 6.59. The Morgan fingerprint density at radius 3 is 2.32 bits per heavy atom. The van der Waals surface area contributed by atoms with Gasteiger partial charge in [-0.1, -0.05) is 17.7 Å². The summed E-state index contributed by atoms with van der Waals surface area (Å²) in [5.74, 6) is -2.16. The number of benzene rings is 2. The van der Waals surface area contributed by atoms with E-state index in [0.717, 1.165) is 0 Å². The first-order chi connectivity index (χ1) is 23.7. The van der Waals surface area contributed by atoms with Gasteiger partial charge in [0.2, 0.25) is 0 Å². The summed E-state index contributed by atoms with van der Waals surface area (Å²) in [6.45, 7) is 6.24. The Balaban J connectivity index is 1.16. The van der Waals surface area contributed by atoms with Crippen LogP contribution < -0.4 is 4.90 Å². The van der Waals surface area contributed by atoms with Crippen molar-refractivity contribution in [2.24, 2.45) is 0 Å². The highest BCUT2D eigenvalue weighted by molar-refractivity contribution is 6.34. The zero-order valence-electron chi connectivity index (χ0n) is 29.1. The molecule has 4 heterocycles. The van der Waals surface area contributed by atoms with Crippen molar-refractivity contribution in [1.29, 1.82) is 0 Å². The molecule has 0 spiro atoms. The molecule has 0 radical (unpaired) electrons. The van der Waals surface area contributed by atoms with Gasteiger partial charge in [-0.25, -0.2) is 8.78 Å². The second-order valence-electron chi connectivity index (χ2n) is 14.1. The Morgan fingerprint density at radius 1 is 1.02 bits per heavy atom. The standard InChI is InChI=1S/C36H45ClF2N7O4/c1-22-29(19-44(40-22)11-6-16-47)26-9-10-28(34(39)33(26)38)31-20-45(23(2)41(31)3)24-7-8-27(30(37)17-24)35(49)42-12-14-43(15-13-42)36(50)32-18-25(48)21-46(32,4)5/h7-10,17,19-20,23,25,32,47-48H,6,11-16,18,21H2,1-5H3/q+1/t23?,25-,32+/m1/s1. The van der Waals surface area contributed by atoms with Crippen molar-refractivity contribution in [2.45, 2.75) is 51.5 Å². The second-order valence-corrected chi connectivity index (χ2v) is 14.5. The van der Waals surface area contributed by atoms with Gasteiger partial charge < -0.3 is 34.3 Å². The van der Waals surface area contributed by atoms with Crippen LogP contribution in [-0.2, 0) is 11.3 Å². The van der Waals surface area contributed by atoms with Crippen LogP contribution in [0.5, 0.6) is 0 Å². The first kappa shape index (κ1) is 35.8. The highest BCUT2D eigenvalue weighted by atomic mass is 35.5. The minimum Gasteiger partial charge on any atom is -0.396 e. The zero-order valence-corrected chi connectivity index (χ0v) is 29.9. The number of amides is 2. The molecule has 0 aliphatic carbocycles. The van der Waals surface area contributed by atoms with Crippen molar-refractivity contribution in [3.8, 4) is 11.1 Å². The van der Waals surface area contributed by atoms with Gasteiger partial charge in [-0.3, -0.25) is 14.3 Å². The number of quaternary nitrogens is 1. The topological polar surface area (TPSA) is 105 Å². The SMILES string of the molecule is Cc1nn(CCCO)cc1-c1ccc(C2=CN(c3ccc(C(=O)N4CCN(C(=O)[C@@H]5C[C@@H](O)C[N+]5(C)C)CC4)c(Cl)c3)C(C)N2C)c(F)c1F. The van der Waals surface area contributed by atoms with Crippen LogP contribution in [0.3, 0.4) is 0 Å². The van der Waals surface area contributed by atoms with Gasteiger partial charge in [0, 0.05) is 87.6 Å². The first-order valence-corrected chi connectivity index (χ1v) is 17.3. The predicted octanol–water partition coefficient (Wildman–Crippen LogP) is 3.76. The predicted molar refractivity (Wildman–Crippen MR) is 187 cm³/mol. The van der Waals surface area contributed by atoms with Gasteiger partial charge in [-0.2, -0.15) is 5.10 Å². The van der Waals surface area contributed by atoms with E-state index >= 15 is 8.78 Å². The average molecular weight is 713 g/mol. The number of hydrogen-bond donors (Lipinski definition) is 2. The number of likely N-dealkylation sites (N-methyl/N-ethyl adjacent to an activating group) is 1. The third-order valence-electron chi connectivity index (χ3n) is 10.4. The van der Waals surface area contributed by atoms with Gasteiger partial charge >= 0.3 is 0 Å². The Morgan fingerprint density at radius 2 is 1.68 bits per heavy atom. The van der Waals surface area contributed by atoms with Gasteiger partial charge in [0.1, 0.15) is 18.8 Å². The Bertz CT molecular complexity index is 1820. The number of carbonyl (C=O) groups is 2. The summed E-state index contributed by atoms with van der Waals surface area (Å²) in [6, 6.07) is 7.98. The lowest BCUT2D eigenvalue weighted by molar-refractivity contribution is -0.894. The van der Waals surface area contributed by atoms with Crippen LogP contribution in [0.15, 0.2) is 42.7 Å².